The summed E-state index contributed by atoms with van der Waals surface area (Å²) in [5.41, 5.74) is 9.87. The Morgan fingerprint density at radius 1 is 1.32 bits per heavy atom. The summed E-state index contributed by atoms with van der Waals surface area (Å²) in [4.78, 5) is 4.50. The van der Waals surface area contributed by atoms with Crippen LogP contribution in [0, 0.1) is 0 Å². The lowest BCUT2D eigenvalue weighted by Gasteiger charge is -2.21. The first-order valence-corrected chi connectivity index (χ1v) is 7.49. The summed E-state index contributed by atoms with van der Waals surface area (Å²) >= 11 is 9.80. The highest BCUT2D eigenvalue weighted by Gasteiger charge is 2.30. The summed E-state index contributed by atoms with van der Waals surface area (Å²) in [5, 5.41) is 0.708. The zero-order valence-electron chi connectivity index (χ0n) is 10.3. The number of fused-ring (bicyclic) bond motifs is 1. The molecule has 1 heterocycles. The van der Waals surface area contributed by atoms with Crippen molar-refractivity contribution in [2.75, 3.05) is 0 Å². The molecule has 4 heteroatoms. The molecule has 0 bridgehead atoms. The van der Waals surface area contributed by atoms with Crippen LogP contribution in [0.4, 0.5) is 0 Å². The van der Waals surface area contributed by atoms with Crippen molar-refractivity contribution in [3.8, 4) is 0 Å². The molecule has 2 N–H and O–H groups in total. The number of aryl methyl sites for hydroxylation is 1. The number of hydrogen-bond acceptors (Lipinski definition) is 2. The van der Waals surface area contributed by atoms with E-state index < -0.39 is 0 Å². The lowest BCUT2D eigenvalue weighted by atomic mass is 9.91. The van der Waals surface area contributed by atoms with Crippen LogP contribution in [0.1, 0.15) is 35.2 Å². The zero-order chi connectivity index (χ0) is 13.4. The van der Waals surface area contributed by atoms with Crippen LogP contribution in [0.5, 0.6) is 0 Å². The van der Waals surface area contributed by atoms with Crippen LogP contribution in [0.15, 0.2) is 41.0 Å². The average Bonchev–Trinajstić information content (AvgIpc) is 2.85. The largest absolute Gasteiger partial charge is 0.323 e. The number of nitrogens with zero attached hydrogens (tertiary/aromatic N) is 1. The molecule has 1 aliphatic rings. The van der Waals surface area contributed by atoms with Crippen LogP contribution < -0.4 is 5.73 Å². The van der Waals surface area contributed by atoms with E-state index in [0.717, 1.165) is 28.6 Å². The van der Waals surface area contributed by atoms with Gasteiger partial charge in [-0.15, -0.1) is 0 Å². The van der Waals surface area contributed by atoms with Gasteiger partial charge in [0.05, 0.1) is 5.02 Å². The quantitative estimate of drug-likeness (QED) is 0.891. The molecule has 2 atom stereocenters. The van der Waals surface area contributed by atoms with E-state index >= 15 is 0 Å². The third-order valence-corrected chi connectivity index (χ3v) is 5.09. The Balaban J connectivity index is 1.98. The normalized spacial score (nSPS) is 19.2. The van der Waals surface area contributed by atoms with E-state index in [2.05, 4.69) is 27.0 Å². The molecule has 0 saturated carbocycles. The Hall–Kier alpha value is -0.900. The van der Waals surface area contributed by atoms with Crippen LogP contribution in [-0.4, -0.2) is 4.98 Å². The topological polar surface area (TPSA) is 38.9 Å². The number of pyridine rings is 1. The van der Waals surface area contributed by atoms with Gasteiger partial charge in [-0.25, -0.2) is 0 Å². The summed E-state index contributed by atoms with van der Waals surface area (Å²) in [5.74, 6) is 0.253. The van der Waals surface area contributed by atoms with E-state index in [-0.39, 0.29) is 12.0 Å². The fraction of sp³-hybridized carbons (Fsp3) is 0.267. The van der Waals surface area contributed by atoms with E-state index in [1.807, 2.05) is 30.5 Å². The van der Waals surface area contributed by atoms with Gasteiger partial charge >= 0.3 is 0 Å². The van der Waals surface area contributed by atoms with E-state index in [1.165, 1.54) is 5.56 Å². The van der Waals surface area contributed by atoms with Gasteiger partial charge in [0.15, 0.2) is 0 Å². The monoisotopic (exact) mass is 336 g/mol. The average molecular weight is 338 g/mol. The maximum atomic E-state index is 6.44. The van der Waals surface area contributed by atoms with E-state index in [0.29, 0.717) is 5.02 Å². The van der Waals surface area contributed by atoms with Crippen LogP contribution in [-0.2, 0) is 6.42 Å². The zero-order valence-corrected chi connectivity index (χ0v) is 12.7. The Bertz CT molecular complexity index is 615. The van der Waals surface area contributed by atoms with Gasteiger partial charge in [-0.3, -0.25) is 4.98 Å². The van der Waals surface area contributed by atoms with Gasteiger partial charge in [0.1, 0.15) is 0 Å². The lowest BCUT2D eigenvalue weighted by molar-refractivity contribution is 0.541. The molecule has 98 valence electrons. The molecular weight excluding hydrogens is 324 g/mol. The van der Waals surface area contributed by atoms with Crippen LogP contribution in [0.3, 0.4) is 0 Å². The summed E-state index contributed by atoms with van der Waals surface area (Å²) < 4.78 is 0.890. The second kappa shape index (κ2) is 5.23. The molecule has 0 amide bonds. The molecule has 1 aromatic carbocycles. The fourth-order valence-electron chi connectivity index (χ4n) is 2.79. The summed E-state index contributed by atoms with van der Waals surface area (Å²) in [6, 6.07) is 9.91. The van der Waals surface area contributed by atoms with Crippen LogP contribution >= 0.6 is 27.5 Å². The highest BCUT2D eigenvalue weighted by molar-refractivity contribution is 9.10. The molecule has 3 rings (SSSR count). The number of hydrogen-bond donors (Lipinski definition) is 1. The fourth-order valence-corrected chi connectivity index (χ4v) is 3.42. The molecular formula is C15H14BrClN2. The smallest absolute Gasteiger partial charge is 0.0596 e. The Kier molecular flexibility index (Phi) is 3.61. The van der Waals surface area contributed by atoms with E-state index in [4.69, 9.17) is 17.3 Å². The standard InChI is InChI=1S/C15H14BrClN2/c16-12-5-1-4-10(13(12)17)14(18)11-7-6-9-3-2-8-19-15(9)11/h1-5,8,11,14H,6-7,18H2. The Labute approximate surface area is 126 Å². The van der Waals surface area contributed by atoms with Crippen molar-refractivity contribution in [3.63, 3.8) is 0 Å². The Morgan fingerprint density at radius 3 is 3.00 bits per heavy atom. The van der Waals surface area contributed by atoms with E-state index in [1.54, 1.807) is 0 Å². The van der Waals surface area contributed by atoms with Gasteiger partial charge in [-0.1, -0.05) is 29.8 Å². The van der Waals surface area contributed by atoms with E-state index in [9.17, 15) is 0 Å². The van der Waals surface area contributed by atoms with Gasteiger partial charge in [0.25, 0.3) is 0 Å². The number of benzene rings is 1. The Morgan fingerprint density at radius 2 is 2.16 bits per heavy atom. The first-order valence-electron chi connectivity index (χ1n) is 6.31. The first kappa shape index (κ1) is 13.1. The van der Waals surface area contributed by atoms with Crippen LogP contribution in [0.2, 0.25) is 5.02 Å². The molecule has 2 nitrogen and oxygen atoms in total. The molecule has 0 fully saturated rings. The van der Waals surface area contributed by atoms with Crippen molar-refractivity contribution >= 4 is 27.5 Å². The van der Waals surface area contributed by atoms with Gasteiger partial charge in [-0.2, -0.15) is 0 Å². The minimum atomic E-state index is -0.110. The van der Waals surface area contributed by atoms with Gasteiger partial charge in [0.2, 0.25) is 0 Å². The second-order valence-corrected chi connectivity index (χ2v) is 6.09. The van der Waals surface area contributed by atoms with Gasteiger partial charge < -0.3 is 5.73 Å². The number of aromatic nitrogens is 1. The molecule has 0 saturated heterocycles. The van der Waals surface area contributed by atoms with Crippen molar-refractivity contribution in [1.29, 1.82) is 0 Å². The van der Waals surface area contributed by atoms with Gasteiger partial charge in [-0.05, 0) is 52.0 Å². The minimum Gasteiger partial charge on any atom is -0.323 e. The summed E-state index contributed by atoms with van der Waals surface area (Å²) in [6.45, 7) is 0. The highest BCUT2D eigenvalue weighted by Crippen LogP contribution is 2.42. The second-order valence-electron chi connectivity index (χ2n) is 4.86. The summed E-state index contributed by atoms with van der Waals surface area (Å²) in [7, 11) is 0. The predicted molar refractivity (Wildman–Crippen MR) is 81.4 cm³/mol. The molecule has 2 unspecified atom stereocenters. The summed E-state index contributed by atoms with van der Waals surface area (Å²) in [6.07, 6.45) is 3.93. The number of nitrogens with two attached hydrogens (primary N) is 1. The maximum Gasteiger partial charge on any atom is 0.0596 e. The third-order valence-electron chi connectivity index (χ3n) is 3.78. The molecule has 19 heavy (non-hydrogen) atoms. The molecule has 0 spiro atoms. The SMILES string of the molecule is NC(c1cccc(Br)c1Cl)C1CCc2cccnc21. The maximum absolute atomic E-state index is 6.44. The highest BCUT2D eigenvalue weighted by atomic mass is 79.9. The van der Waals surface area contributed by atoms with Crippen molar-refractivity contribution in [2.24, 2.45) is 5.73 Å². The van der Waals surface area contributed by atoms with Crippen LogP contribution in [0.25, 0.3) is 0 Å². The predicted octanol–water partition coefficient (Wildman–Crippen LogP) is 4.23. The number of rotatable bonds is 2. The van der Waals surface area contributed by atoms with Crippen molar-refractivity contribution in [1.82, 2.24) is 4.98 Å². The third kappa shape index (κ3) is 2.31. The van der Waals surface area contributed by atoms with Crippen molar-refractivity contribution in [3.05, 3.63) is 62.8 Å². The molecule has 0 aliphatic heterocycles. The van der Waals surface area contributed by atoms with Crippen molar-refractivity contribution < 1.29 is 0 Å². The van der Waals surface area contributed by atoms with Crippen molar-refractivity contribution in [2.45, 2.75) is 24.8 Å². The molecule has 0 radical (unpaired) electrons. The molecule has 2 aromatic rings. The first-order chi connectivity index (χ1) is 9.18. The van der Waals surface area contributed by atoms with Gasteiger partial charge in [0, 0.05) is 28.3 Å². The molecule has 1 aliphatic carbocycles. The lowest BCUT2D eigenvalue weighted by Crippen LogP contribution is -2.19. The molecule has 1 aromatic heterocycles. The minimum absolute atomic E-state index is 0.110. The number of halogens is 2.